The van der Waals surface area contributed by atoms with E-state index in [1.165, 1.54) is 7.11 Å². The molecule has 0 radical (unpaired) electrons. The minimum atomic E-state index is -3.54. The Morgan fingerprint density at radius 2 is 1.80 bits per heavy atom. The standard InChI is InChI=1S/C22H24N2O5S/c1-16(28-2)21(24-29-22(25)18-8-4-3-5-9-18)15-30(26,27)14-17-12-19-10-6-7-11-20(19)23-13-17/h3-13,16,21,24H,14-15H2,1-2H3/t16-,21-/m1/s1. The summed E-state index contributed by atoms with van der Waals surface area (Å²) >= 11 is 0. The van der Waals surface area contributed by atoms with Gasteiger partial charge in [0.2, 0.25) is 0 Å². The summed E-state index contributed by atoms with van der Waals surface area (Å²) in [6.45, 7) is 1.71. The molecule has 1 N–H and O–H groups in total. The van der Waals surface area contributed by atoms with Gasteiger partial charge in [-0.15, -0.1) is 5.48 Å². The number of fused-ring (bicyclic) bond motifs is 1. The molecule has 7 nitrogen and oxygen atoms in total. The third kappa shape index (κ3) is 5.85. The van der Waals surface area contributed by atoms with Crippen LogP contribution in [-0.4, -0.2) is 44.4 Å². The van der Waals surface area contributed by atoms with Crippen molar-refractivity contribution < 1.29 is 22.8 Å². The van der Waals surface area contributed by atoms with Gasteiger partial charge in [0.05, 0.1) is 34.7 Å². The predicted octanol–water partition coefficient (Wildman–Crippen LogP) is 2.91. The number of sulfone groups is 1. The molecule has 1 heterocycles. The number of hydroxylamine groups is 1. The van der Waals surface area contributed by atoms with Gasteiger partial charge in [0.15, 0.2) is 9.84 Å². The fourth-order valence-corrected chi connectivity index (χ4v) is 4.64. The first kappa shape index (κ1) is 21.9. The maximum atomic E-state index is 12.8. The lowest BCUT2D eigenvalue weighted by Gasteiger charge is -2.23. The van der Waals surface area contributed by atoms with Crippen LogP contribution < -0.4 is 5.48 Å². The molecule has 158 valence electrons. The Labute approximate surface area is 175 Å². The van der Waals surface area contributed by atoms with E-state index in [1.54, 1.807) is 43.5 Å². The van der Waals surface area contributed by atoms with Crippen LogP contribution in [0.25, 0.3) is 10.9 Å². The Kier molecular flexibility index (Phi) is 7.15. The molecule has 0 aliphatic carbocycles. The minimum absolute atomic E-state index is 0.175. The van der Waals surface area contributed by atoms with Crippen molar-refractivity contribution in [2.75, 3.05) is 12.9 Å². The van der Waals surface area contributed by atoms with Crippen LogP contribution in [0.1, 0.15) is 22.8 Å². The van der Waals surface area contributed by atoms with Crippen molar-refractivity contribution in [3.8, 4) is 0 Å². The number of hydrogen-bond acceptors (Lipinski definition) is 7. The van der Waals surface area contributed by atoms with Crippen molar-refractivity contribution >= 4 is 26.7 Å². The zero-order valence-electron chi connectivity index (χ0n) is 16.8. The lowest BCUT2D eigenvalue weighted by molar-refractivity contribution is -0.00846. The van der Waals surface area contributed by atoms with E-state index in [0.29, 0.717) is 11.1 Å². The molecule has 0 amide bonds. The zero-order valence-corrected chi connectivity index (χ0v) is 17.6. The summed E-state index contributed by atoms with van der Waals surface area (Å²) in [7, 11) is -2.07. The van der Waals surface area contributed by atoms with E-state index >= 15 is 0 Å². The molecule has 30 heavy (non-hydrogen) atoms. The van der Waals surface area contributed by atoms with E-state index in [2.05, 4.69) is 10.5 Å². The van der Waals surface area contributed by atoms with Crippen LogP contribution in [0.2, 0.25) is 0 Å². The van der Waals surface area contributed by atoms with Gasteiger partial charge >= 0.3 is 5.97 Å². The fraction of sp³-hybridized carbons (Fsp3) is 0.273. The lowest BCUT2D eigenvalue weighted by atomic mass is 10.2. The topological polar surface area (TPSA) is 94.6 Å². The number of aromatic nitrogens is 1. The lowest BCUT2D eigenvalue weighted by Crippen LogP contribution is -2.45. The molecule has 3 rings (SSSR count). The number of benzene rings is 2. The second-order valence-corrected chi connectivity index (χ2v) is 9.12. The third-order valence-electron chi connectivity index (χ3n) is 4.72. The molecule has 1 aromatic heterocycles. The Morgan fingerprint density at radius 3 is 2.53 bits per heavy atom. The number of nitrogens with one attached hydrogen (secondary N) is 1. The summed E-state index contributed by atoms with van der Waals surface area (Å²) in [5.41, 5.74) is 4.33. The summed E-state index contributed by atoms with van der Waals surface area (Å²) in [6, 6.07) is 17.0. The molecular weight excluding hydrogens is 404 g/mol. The van der Waals surface area contributed by atoms with Gasteiger partial charge in [0.1, 0.15) is 0 Å². The van der Waals surface area contributed by atoms with Gasteiger partial charge in [0.25, 0.3) is 0 Å². The molecular formula is C22H24N2O5S. The van der Waals surface area contributed by atoms with Crippen LogP contribution in [0.15, 0.2) is 66.9 Å². The van der Waals surface area contributed by atoms with Crippen molar-refractivity contribution in [3.05, 3.63) is 78.0 Å². The monoisotopic (exact) mass is 428 g/mol. The van der Waals surface area contributed by atoms with Gasteiger partial charge in [-0.25, -0.2) is 13.2 Å². The Hall–Kier alpha value is -2.81. The van der Waals surface area contributed by atoms with Gasteiger partial charge in [0, 0.05) is 18.7 Å². The summed E-state index contributed by atoms with van der Waals surface area (Å²) in [5.74, 6) is -1.04. The van der Waals surface area contributed by atoms with Crippen molar-refractivity contribution in [2.45, 2.75) is 24.8 Å². The first-order chi connectivity index (χ1) is 14.4. The number of rotatable bonds is 9. The second kappa shape index (κ2) is 9.80. The quantitative estimate of drug-likeness (QED) is 0.524. The molecule has 3 aromatic rings. The minimum Gasteiger partial charge on any atom is -0.380 e. The predicted molar refractivity (Wildman–Crippen MR) is 114 cm³/mol. The first-order valence-corrected chi connectivity index (χ1v) is 11.3. The average Bonchev–Trinajstić information content (AvgIpc) is 2.76. The summed E-state index contributed by atoms with van der Waals surface area (Å²) < 4.78 is 30.9. The molecule has 8 heteroatoms. The maximum Gasteiger partial charge on any atom is 0.356 e. The highest BCUT2D eigenvalue weighted by atomic mass is 32.2. The Balaban J connectivity index is 1.68. The van der Waals surface area contributed by atoms with Crippen molar-refractivity contribution in [3.63, 3.8) is 0 Å². The van der Waals surface area contributed by atoms with Crippen LogP contribution in [0, 0.1) is 0 Å². The van der Waals surface area contributed by atoms with Crippen LogP contribution >= 0.6 is 0 Å². The number of hydrogen-bond donors (Lipinski definition) is 1. The van der Waals surface area contributed by atoms with E-state index in [-0.39, 0.29) is 11.5 Å². The van der Waals surface area contributed by atoms with Gasteiger partial charge in [-0.2, -0.15) is 0 Å². The molecule has 0 fully saturated rings. The number of carbonyl (C=O) groups is 1. The van der Waals surface area contributed by atoms with E-state index < -0.39 is 28.0 Å². The molecule has 2 atom stereocenters. The molecule has 0 unspecified atom stereocenters. The van der Waals surface area contributed by atoms with Gasteiger partial charge < -0.3 is 9.57 Å². The van der Waals surface area contributed by atoms with E-state index in [4.69, 9.17) is 9.57 Å². The van der Waals surface area contributed by atoms with Crippen LogP contribution in [-0.2, 0) is 25.2 Å². The molecule has 0 aliphatic rings. The summed E-state index contributed by atoms with van der Waals surface area (Å²) in [4.78, 5) is 21.6. The second-order valence-electron chi connectivity index (χ2n) is 7.01. The Morgan fingerprint density at radius 1 is 1.10 bits per heavy atom. The number of methoxy groups -OCH3 is 1. The van der Waals surface area contributed by atoms with Crippen molar-refractivity contribution in [1.82, 2.24) is 10.5 Å². The smallest absolute Gasteiger partial charge is 0.356 e. The molecule has 0 bridgehead atoms. The number of para-hydroxylation sites is 1. The molecule has 0 aliphatic heterocycles. The van der Waals surface area contributed by atoms with Gasteiger partial charge in [-0.1, -0.05) is 36.4 Å². The summed E-state index contributed by atoms with van der Waals surface area (Å²) in [5, 5.41) is 0.877. The zero-order chi connectivity index (χ0) is 21.6. The molecule has 2 aromatic carbocycles. The van der Waals surface area contributed by atoms with Crippen LogP contribution in [0.5, 0.6) is 0 Å². The normalized spacial score (nSPS) is 13.7. The third-order valence-corrected chi connectivity index (χ3v) is 6.36. The van der Waals surface area contributed by atoms with E-state index in [9.17, 15) is 13.2 Å². The number of carbonyl (C=O) groups excluding carboxylic acids is 1. The SMILES string of the molecule is CO[C@H](C)[C@@H](CS(=O)(=O)Cc1cnc2ccccc2c1)NOC(=O)c1ccccc1. The highest BCUT2D eigenvalue weighted by Crippen LogP contribution is 2.16. The molecule has 0 saturated heterocycles. The van der Waals surface area contributed by atoms with E-state index in [0.717, 1.165) is 10.9 Å². The highest BCUT2D eigenvalue weighted by molar-refractivity contribution is 7.90. The maximum absolute atomic E-state index is 12.8. The highest BCUT2D eigenvalue weighted by Gasteiger charge is 2.26. The van der Waals surface area contributed by atoms with Crippen LogP contribution in [0.4, 0.5) is 0 Å². The van der Waals surface area contributed by atoms with E-state index in [1.807, 2.05) is 30.3 Å². The van der Waals surface area contributed by atoms with Gasteiger partial charge in [-0.05, 0) is 36.8 Å². The number of nitrogens with zero attached hydrogens (tertiary/aromatic N) is 1. The van der Waals surface area contributed by atoms with Crippen LogP contribution in [0.3, 0.4) is 0 Å². The molecule has 0 saturated carbocycles. The average molecular weight is 429 g/mol. The Bertz CT molecular complexity index is 1100. The van der Waals surface area contributed by atoms with Crippen molar-refractivity contribution in [2.24, 2.45) is 0 Å². The largest absolute Gasteiger partial charge is 0.380 e. The fourth-order valence-electron chi connectivity index (χ4n) is 2.97. The number of pyridine rings is 1. The van der Waals surface area contributed by atoms with Gasteiger partial charge in [-0.3, -0.25) is 4.98 Å². The number of ether oxygens (including phenoxy) is 1. The summed E-state index contributed by atoms with van der Waals surface area (Å²) in [6.07, 6.45) is 1.07. The molecule has 0 spiro atoms. The first-order valence-electron chi connectivity index (χ1n) is 9.46. The van der Waals surface area contributed by atoms with Crippen molar-refractivity contribution in [1.29, 1.82) is 0 Å².